The van der Waals surface area contributed by atoms with Crippen molar-refractivity contribution in [3.05, 3.63) is 64.9 Å². The van der Waals surface area contributed by atoms with Crippen molar-refractivity contribution in [3.63, 3.8) is 0 Å². The van der Waals surface area contributed by atoms with E-state index in [1.54, 1.807) is 0 Å². The standard InChI is InChI=1S/C18H16ClFN2O3/c19-14-8-13(6-7-15(14)20)21-18(24)16-10-25-11-17(23)22(16)9-12-4-2-1-3-5-12/h1-8,16H,9-11H2,(H,21,24)/t16-/m1/s1. The summed E-state index contributed by atoms with van der Waals surface area (Å²) in [5.74, 6) is -1.24. The minimum Gasteiger partial charge on any atom is -0.369 e. The van der Waals surface area contributed by atoms with Gasteiger partial charge in [-0.05, 0) is 23.8 Å². The molecule has 2 amide bonds. The van der Waals surface area contributed by atoms with E-state index in [1.165, 1.54) is 23.1 Å². The highest BCUT2D eigenvalue weighted by molar-refractivity contribution is 6.31. The Bertz CT molecular complexity index is 785. The van der Waals surface area contributed by atoms with Gasteiger partial charge in [0.1, 0.15) is 18.5 Å². The van der Waals surface area contributed by atoms with E-state index in [-0.39, 0.29) is 24.1 Å². The van der Waals surface area contributed by atoms with Gasteiger partial charge in [0.2, 0.25) is 11.8 Å². The monoisotopic (exact) mass is 362 g/mol. The zero-order valence-electron chi connectivity index (χ0n) is 13.2. The maximum Gasteiger partial charge on any atom is 0.249 e. The Morgan fingerprint density at radius 1 is 1.28 bits per heavy atom. The molecule has 1 heterocycles. The molecule has 0 aromatic heterocycles. The zero-order chi connectivity index (χ0) is 17.8. The number of amides is 2. The van der Waals surface area contributed by atoms with Crippen LogP contribution in [-0.4, -0.2) is 36.0 Å². The summed E-state index contributed by atoms with van der Waals surface area (Å²) in [6, 6.07) is 12.5. The number of carbonyl (C=O) groups is 2. The van der Waals surface area contributed by atoms with Crippen molar-refractivity contribution >= 4 is 29.1 Å². The Morgan fingerprint density at radius 3 is 2.76 bits per heavy atom. The molecule has 2 aromatic rings. The van der Waals surface area contributed by atoms with Gasteiger partial charge in [-0.3, -0.25) is 9.59 Å². The predicted octanol–water partition coefficient (Wildman–Crippen LogP) is 2.85. The van der Waals surface area contributed by atoms with Crippen molar-refractivity contribution < 1.29 is 18.7 Å². The lowest BCUT2D eigenvalue weighted by Gasteiger charge is -2.34. The molecule has 0 saturated carbocycles. The molecule has 5 nitrogen and oxygen atoms in total. The Hall–Kier alpha value is -2.44. The summed E-state index contributed by atoms with van der Waals surface area (Å²) in [6.45, 7) is 0.351. The van der Waals surface area contributed by atoms with Crippen molar-refractivity contribution in [2.24, 2.45) is 0 Å². The Labute approximate surface area is 149 Å². The first-order valence-corrected chi connectivity index (χ1v) is 8.09. The third-order valence-corrected chi connectivity index (χ3v) is 4.17. The Kier molecular flexibility index (Phi) is 5.31. The summed E-state index contributed by atoms with van der Waals surface area (Å²) in [5, 5.41) is 2.56. The van der Waals surface area contributed by atoms with E-state index in [1.807, 2.05) is 30.3 Å². The number of nitrogens with zero attached hydrogens (tertiary/aromatic N) is 1. The molecular formula is C18H16ClFN2O3. The summed E-state index contributed by atoms with van der Waals surface area (Å²) in [7, 11) is 0. The Morgan fingerprint density at radius 2 is 2.04 bits per heavy atom. The van der Waals surface area contributed by atoms with Crippen molar-refractivity contribution in [1.29, 1.82) is 0 Å². The first kappa shape index (κ1) is 17.4. The second-order valence-electron chi connectivity index (χ2n) is 5.66. The van der Waals surface area contributed by atoms with Crippen molar-refractivity contribution in [2.45, 2.75) is 12.6 Å². The second-order valence-corrected chi connectivity index (χ2v) is 6.06. The average Bonchev–Trinajstić information content (AvgIpc) is 2.61. The smallest absolute Gasteiger partial charge is 0.249 e. The molecule has 7 heteroatoms. The number of carbonyl (C=O) groups excluding carboxylic acids is 2. The SMILES string of the molecule is O=C(Nc1ccc(F)c(Cl)c1)[C@H]1COCC(=O)N1Cc1ccccc1. The molecule has 1 aliphatic heterocycles. The predicted molar refractivity (Wildman–Crippen MR) is 91.6 cm³/mol. The molecule has 1 fully saturated rings. The van der Waals surface area contributed by atoms with E-state index < -0.39 is 17.8 Å². The lowest BCUT2D eigenvalue weighted by atomic mass is 10.1. The van der Waals surface area contributed by atoms with Crippen LogP contribution in [0.1, 0.15) is 5.56 Å². The summed E-state index contributed by atoms with van der Waals surface area (Å²) in [6.07, 6.45) is 0. The minimum atomic E-state index is -0.773. The van der Waals surface area contributed by atoms with E-state index in [0.717, 1.165) is 5.56 Å². The van der Waals surface area contributed by atoms with Crippen LogP contribution in [0.3, 0.4) is 0 Å². The summed E-state index contributed by atoms with van der Waals surface area (Å²) in [5.41, 5.74) is 1.27. The summed E-state index contributed by atoms with van der Waals surface area (Å²) < 4.78 is 18.5. The molecule has 1 aliphatic rings. The first-order valence-electron chi connectivity index (χ1n) is 7.71. The highest BCUT2D eigenvalue weighted by Gasteiger charge is 2.34. The van der Waals surface area contributed by atoms with E-state index in [9.17, 15) is 14.0 Å². The molecule has 1 atom stereocenters. The summed E-state index contributed by atoms with van der Waals surface area (Å²) >= 11 is 5.73. The number of morpholine rings is 1. The molecule has 0 aliphatic carbocycles. The van der Waals surface area contributed by atoms with Crippen LogP contribution in [0, 0.1) is 5.82 Å². The van der Waals surface area contributed by atoms with Gasteiger partial charge in [0, 0.05) is 12.2 Å². The fourth-order valence-corrected chi connectivity index (χ4v) is 2.78. The van der Waals surface area contributed by atoms with Crippen molar-refractivity contribution in [2.75, 3.05) is 18.5 Å². The van der Waals surface area contributed by atoms with Crippen LogP contribution >= 0.6 is 11.6 Å². The molecule has 2 aromatic carbocycles. The number of halogens is 2. The number of rotatable bonds is 4. The highest BCUT2D eigenvalue weighted by Crippen LogP contribution is 2.21. The maximum atomic E-state index is 13.2. The topological polar surface area (TPSA) is 58.6 Å². The molecule has 1 saturated heterocycles. The normalized spacial score (nSPS) is 17.4. The fourth-order valence-electron chi connectivity index (χ4n) is 2.60. The average molecular weight is 363 g/mol. The number of hydrogen-bond donors (Lipinski definition) is 1. The first-order chi connectivity index (χ1) is 12.0. The zero-order valence-corrected chi connectivity index (χ0v) is 14.0. The lowest BCUT2D eigenvalue weighted by Crippen LogP contribution is -2.54. The van der Waals surface area contributed by atoms with Gasteiger partial charge in [-0.1, -0.05) is 41.9 Å². The maximum absolute atomic E-state index is 13.2. The lowest BCUT2D eigenvalue weighted by molar-refractivity contribution is -0.154. The van der Waals surface area contributed by atoms with Gasteiger partial charge in [0.25, 0.3) is 0 Å². The number of ether oxygens (including phenoxy) is 1. The van der Waals surface area contributed by atoms with Crippen LogP contribution in [0.15, 0.2) is 48.5 Å². The molecule has 130 valence electrons. The summed E-state index contributed by atoms with van der Waals surface area (Å²) in [4.78, 5) is 26.3. The van der Waals surface area contributed by atoms with E-state index in [0.29, 0.717) is 12.2 Å². The number of nitrogens with one attached hydrogen (secondary N) is 1. The van der Waals surface area contributed by atoms with Crippen molar-refractivity contribution in [3.8, 4) is 0 Å². The third-order valence-electron chi connectivity index (χ3n) is 3.88. The van der Waals surface area contributed by atoms with E-state index >= 15 is 0 Å². The third kappa shape index (κ3) is 4.15. The van der Waals surface area contributed by atoms with E-state index in [4.69, 9.17) is 16.3 Å². The molecule has 3 rings (SSSR count). The largest absolute Gasteiger partial charge is 0.369 e. The molecular weight excluding hydrogens is 347 g/mol. The van der Waals surface area contributed by atoms with Crippen molar-refractivity contribution in [1.82, 2.24) is 4.90 Å². The molecule has 0 spiro atoms. The molecule has 25 heavy (non-hydrogen) atoms. The van der Waals surface area contributed by atoms with Gasteiger partial charge in [-0.15, -0.1) is 0 Å². The molecule has 1 N–H and O–H groups in total. The van der Waals surface area contributed by atoms with Crippen LogP contribution in [0.25, 0.3) is 0 Å². The Balaban J connectivity index is 1.76. The van der Waals surface area contributed by atoms with Gasteiger partial charge >= 0.3 is 0 Å². The van der Waals surface area contributed by atoms with Gasteiger partial charge < -0.3 is 15.0 Å². The van der Waals surface area contributed by atoms with E-state index in [2.05, 4.69) is 5.32 Å². The van der Waals surface area contributed by atoms with Gasteiger partial charge in [0.05, 0.1) is 11.6 Å². The molecule has 0 unspecified atom stereocenters. The molecule has 0 radical (unpaired) electrons. The number of benzene rings is 2. The van der Waals surface area contributed by atoms with Crippen LogP contribution in [0.4, 0.5) is 10.1 Å². The number of anilines is 1. The highest BCUT2D eigenvalue weighted by atomic mass is 35.5. The van der Waals surface area contributed by atoms with Gasteiger partial charge in [0.15, 0.2) is 0 Å². The fraction of sp³-hybridized carbons (Fsp3) is 0.222. The minimum absolute atomic E-state index is 0.0566. The van der Waals surface area contributed by atoms with Crippen LogP contribution in [-0.2, 0) is 20.9 Å². The van der Waals surface area contributed by atoms with Crippen LogP contribution < -0.4 is 5.32 Å². The quantitative estimate of drug-likeness (QED) is 0.909. The second kappa shape index (κ2) is 7.63. The van der Waals surface area contributed by atoms with Gasteiger partial charge in [-0.25, -0.2) is 4.39 Å². The van der Waals surface area contributed by atoms with Crippen LogP contribution in [0.5, 0.6) is 0 Å². The molecule has 0 bridgehead atoms. The van der Waals surface area contributed by atoms with Crippen LogP contribution in [0.2, 0.25) is 5.02 Å². The number of hydrogen-bond acceptors (Lipinski definition) is 3. The van der Waals surface area contributed by atoms with Gasteiger partial charge in [-0.2, -0.15) is 0 Å².